The van der Waals surface area contributed by atoms with E-state index in [4.69, 9.17) is 19.1 Å². The van der Waals surface area contributed by atoms with Crippen molar-refractivity contribution in [2.45, 2.75) is 38.6 Å². The van der Waals surface area contributed by atoms with Gasteiger partial charge in [-0.05, 0) is 64.3 Å². The molecule has 0 aliphatic carbocycles. The summed E-state index contributed by atoms with van der Waals surface area (Å²) in [5.74, 6) is 1.83. The zero-order valence-electron chi connectivity index (χ0n) is 18.5. The van der Waals surface area contributed by atoms with Crippen LogP contribution < -0.4 is 4.74 Å². The van der Waals surface area contributed by atoms with E-state index in [-0.39, 0.29) is 0 Å². The summed E-state index contributed by atoms with van der Waals surface area (Å²) in [6.07, 6.45) is 3.90. The minimum Gasteiger partial charge on any atom is -0.493 e. The van der Waals surface area contributed by atoms with Gasteiger partial charge in [-0.3, -0.25) is 0 Å². The molecule has 2 aliphatic heterocycles. The molecule has 1 aromatic heterocycles. The fourth-order valence-electron chi connectivity index (χ4n) is 4.55. The molecule has 8 heteroatoms. The molecular formula is C23H33N3O5. The predicted molar refractivity (Wildman–Crippen MR) is 116 cm³/mol. The summed E-state index contributed by atoms with van der Waals surface area (Å²) in [6, 6.07) is 4.11. The van der Waals surface area contributed by atoms with E-state index in [2.05, 4.69) is 16.1 Å². The van der Waals surface area contributed by atoms with Crippen molar-refractivity contribution in [2.24, 2.45) is 11.8 Å². The first-order chi connectivity index (χ1) is 15.0. The van der Waals surface area contributed by atoms with Crippen LogP contribution in [0.5, 0.6) is 5.75 Å². The largest absolute Gasteiger partial charge is 0.493 e. The maximum Gasteiger partial charge on any atom is 0.407 e. The van der Waals surface area contributed by atoms with Crippen molar-refractivity contribution in [3.8, 4) is 5.75 Å². The standard InChI is InChI=1S/C23H33N3O5/c1-25(2)13-19-21(30-15-17-9-12-29-14-17)6-4-18-20(24-31-22(18)19)5-3-16-7-10-26(11-8-16)23(27)28/h4,6,16-17H,3,5,7-15H2,1-2H3,(H,27,28). The maximum atomic E-state index is 11.1. The average Bonchev–Trinajstić information content (AvgIpc) is 3.41. The van der Waals surface area contributed by atoms with Crippen LogP contribution in [0.25, 0.3) is 11.0 Å². The number of hydrogen-bond acceptors (Lipinski definition) is 6. The molecular weight excluding hydrogens is 398 g/mol. The highest BCUT2D eigenvalue weighted by atomic mass is 16.5. The van der Waals surface area contributed by atoms with E-state index in [9.17, 15) is 4.79 Å². The molecule has 8 nitrogen and oxygen atoms in total. The lowest BCUT2D eigenvalue weighted by Crippen LogP contribution is -2.37. The number of aromatic nitrogens is 1. The second kappa shape index (κ2) is 9.87. The van der Waals surface area contributed by atoms with Crippen LogP contribution in [0.2, 0.25) is 0 Å². The highest BCUT2D eigenvalue weighted by molar-refractivity contribution is 5.84. The lowest BCUT2D eigenvalue weighted by molar-refractivity contribution is 0.123. The second-order valence-corrected chi connectivity index (χ2v) is 9.08. The van der Waals surface area contributed by atoms with E-state index in [1.54, 1.807) is 0 Å². The quantitative estimate of drug-likeness (QED) is 0.683. The SMILES string of the molecule is CN(C)Cc1c(OCC2CCOC2)ccc2c(CCC3CCN(C(=O)O)CC3)noc12. The van der Waals surface area contributed by atoms with Gasteiger partial charge in [0.2, 0.25) is 0 Å². The Balaban J connectivity index is 1.44. The Labute approximate surface area is 183 Å². The molecule has 2 aliphatic rings. The molecule has 1 N–H and O–H groups in total. The normalized spacial score (nSPS) is 20.1. The summed E-state index contributed by atoms with van der Waals surface area (Å²) in [7, 11) is 4.07. The molecule has 0 saturated carbocycles. The molecule has 0 spiro atoms. The number of piperidine rings is 1. The molecule has 4 rings (SSSR count). The van der Waals surface area contributed by atoms with Crippen molar-refractivity contribution >= 4 is 17.1 Å². The lowest BCUT2D eigenvalue weighted by atomic mass is 9.91. The zero-order chi connectivity index (χ0) is 21.8. The maximum absolute atomic E-state index is 11.1. The van der Waals surface area contributed by atoms with Gasteiger partial charge in [0.05, 0.1) is 24.5 Å². The smallest absolute Gasteiger partial charge is 0.407 e. The van der Waals surface area contributed by atoms with Crippen molar-refractivity contribution in [1.29, 1.82) is 0 Å². The molecule has 3 heterocycles. The first-order valence-electron chi connectivity index (χ1n) is 11.2. The summed E-state index contributed by atoms with van der Waals surface area (Å²) in [5.41, 5.74) is 2.82. The van der Waals surface area contributed by atoms with Crippen LogP contribution in [-0.4, -0.2) is 73.2 Å². The number of carbonyl (C=O) groups is 1. The molecule has 31 heavy (non-hydrogen) atoms. The van der Waals surface area contributed by atoms with E-state index in [0.29, 0.717) is 31.5 Å². The number of benzene rings is 1. The highest BCUT2D eigenvalue weighted by Gasteiger charge is 2.24. The minimum absolute atomic E-state index is 0.445. The number of fused-ring (bicyclic) bond motifs is 1. The Hall–Kier alpha value is -2.32. The van der Waals surface area contributed by atoms with Gasteiger partial charge in [0, 0.05) is 37.5 Å². The Morgan fingerprint density at radius 1 is 1.26 bits per heavy atom. The van der Waals surface area contributed by atoms with Gasteiger partial charge in [-0.15, -0.1) is 0 Å². The van der Waals surface area contributed by atoms with E-state index in [1.807, 2.05) is 20.2 Å². The van der Waals surface area contributed by atoms with E-state index in [0.717, 1.165) is 79.8 Å². The molecule has 2 fully saturated rings. The molecule has 1 aromatic carbocycles. The third-order valence-electron chi connectivity index (χ3n) is 6.42. The number of ether oxygens (including phenoxy) is 2. The molecule has 2 saturated heterocycles. The number of hydrogen-bond donors (Lipinski definition) is 1. The monoisotopic (exact) mass is 431 g/mol. The zero-order valence-corrected chi connectivity index (χ0v) is 18.5. The summed E-state index contributed by atoms with van der Waals surface area (Å²) < 4.78 is 17.5. The van der Waals surface area contributed by atoms with Crippen LogP contribution in [0.1, 0.15) is 36.9 Å². The van der Waals surface area contributed by atoms with Gasteiger partial charge in [0.15, 0.2) is 5.58 Å². The molecule has 170 valence electrons. The molecule has 0 bridgehead atoms. The van der Waals surface area contributed by atoms with Crippen LogP contribution in [0.4, 0.5) is 4.79 Å². The summed E-state index contributed by atoms with van der Waals surface area (Å²) in [4.78, 5) is 14.7. The Morgan fingerprint density at radius 3 is 2.74 bits per heavy atom. The van der Waals surface area contributed by atoms with Crippen molar-refractivity contribution in [3.05, 3.63) is 23.4 Å². The van der Waals surface area contributed by atoms with Crippen LogP contribution in [0.15, 0.2) is 16.7 Å². The minimum atomic E-state index is -0.812. The van der Waals surface area contributed by atoms with Gasteiger partial charge in [0.25, 0.3) is 0 Å². The van der Waals surface area contributed by atoms with Gasteiger partial charge in [0.1, 0.15) is 5.75 Å². The highest BCUT2D eigenvalue weighted by Crippen LogP contribution is 2.33. The van der Waals surface area contributed by atoms with E-state index < -0.39 is 6.09 Å². The summed E-state index contributed by atoms with van der Waals surface area (Å²) in [5, 5.41) is 14.6. The summed E-state index contributed by atoms with van der Waals surface area (Å²) >= 11 is 0. The molecule has 2 aromatic rings. The van der Waals surface area contributed by atoms with Crippen LogP contribution in [0, 0.1) is 11.8 Å². The lowest BCUT2D eigenvalue weighted by Gasteiger charge is -2.29. The molecule has 1 atom stereocenters. The van der Waals surface area contributed by atoms with E-state index >= 15 is 0 Å². The van der Waals surface area contributed by atoms with Crippen LogP contribution in [-0.2, 0) is 17.7 Å². The number of amides is 1. The Kier molecular flexibility index (Phi) is 6.97. The number of likely N-dealkylation sites (tertiary alicyclic amines) is 1. The number of rotatable bonds is 8. The fraction of sp³-hybridized carbons (Fsp3) is 0.652. The second-order valence-electron chi connectivity index (χ2n) is 9.08. The van der Waals surface area contributed by atoms with Crippen LogP contribution in [0.3, 0.4) is 0 Å². The molecule has 0 radical (unpaired) electrons. The van der Waals surface area contributed by atoms with Gasteiger partial charge < -0.3 is 28.9 Å². The topological polar surface area (TPSA) is 88.3 Å². The number of aryl methyl sites for hydroxylation is 1. The first kappa shape index (κ1) is 21.9. The Bertz CT molecular complexity index is 883. The van der Waals surface area contributed by atoms with Gasteiger partial charge in [-0.1, -0.05) is 5.16 Å². The third-order valence-corrected chi connectivity index (χ3v) is 6.42. The van der Waals surface area contributed by atoms with Gasteiger partial charge in [-0.2, -0.15) is 0 Å². The van der Waals surface area contributed by atoms with Crippen molar-refractivity contribution in [1.82, 2.24) is 15.0 Å². The van der Waals surface area contributed by atoms with Gasteiger partial charge >= 0.3 is 6.09 Å². The predicted octanol–water partition coefficient (Wildman–Crippen LogP) is 3.63. The Morgan fingerprint density at radius 2 is 2.06 bits per heavy atom. The van der Waals surface area contributed by atoms with E-state index in [1.165, 1.54) is 4.90 Å². The summed E-state index contributed by atoms with van der Waals surface area (Å²) in [6.45, 7) is 4.21. The van der Waals surface area contributed by atoms with Crippen molar-refractivity contribution in [2.75, 3.05) is 47.0 Å². The molecule has 1 unspecified atom stereocenters. The number of nitrogens with zero attached hydrogens (tertiary/aromatic N) is 3. The van der Waals surface area contributed by atoms with Crippen molar-refractivity contribution < 1.29 is 23.9 Å². The fourth-order valence-corrected chi connectivity index (χ4v) is 4.55. The third kappa shape index (κ3) is 5.30. The van der Waals surface area contributed by atoms with Gasteiger partial charge in [-0.25, -0.2) is 4.79 Å². The first-order valence-corrected chi connectivity index (χ1v) is 11.2. The van der Waals surface area contributed by atoms with Crippen LogP contribution >= 0.6 is 0 Å². The van der Waals surface area contributed by atoms with Crippen molar-refractivity contribution in [3.63, 3.8) is 0 Å². The average molecular weight is 432 g/mol. The number of carboxylic acid groups (broad SMARTS) is 1. The molecule has 1 amide bonds.